The Balaban J connectivity index is 1.25. The number of ether oxygens (including phenoxy) is 1. The highest BCUT2D eigenvalue weighted by molar-refractivity contribution is 7.76. The van der Waals surface area contributed by atoms with E-state index in [4.69, 9.17) is 4.74 Å². The van der Waals surface area contributed by atoms with E-state index in [0.717, 1.165) is 37.9 Å². The molecule has 0 radical (unpaired) electrons. The smallest absolute Gasteiger partial charge is 0.323 e. The summed E-state index contributed by atoms with van der Waals surface area (Å²) in [5.41, 5.74) is 3.48. The van der Waals surface area contributed by atoms with Gasteiger partial charge in [0.05, 0.1) is 13.7 Å². The van der Waals surface area contributed by atoms with Gasteiger partial charge in [0.25, 0.3) is 5.56 Å². The van der Waals surface area contributed by atoms with Crippen LogP contribution in [-0.2, 0) is 22.6 Å². The lowest BCUT2D eigenvalue weighted by atomic mass is 10.1. The van der Waals surface area contributed by atoms with Crippen molar-refractivity contribution < 1.29 is 23.4 Å². The number of carboxylic acids is 1. The maximum atomic E-state index is 13.3. The van der Waals surface area contributed by atoms with Gasteiger partial charge in [0, 0.05) is 54.6 Å². The summed E-state index contributed by atoms with van der Waals surface area (Å²) < 4.78 is 29.9. The number of nitrogens with zero attached hydrogens (tertiary/aromatic N) is 4. The highest BCUT2D eigenvalue weighted by Crippen LogP contribution is 2.22. The zero-order valence-corrected chi connectivity index (χ0v) is 26.2. The second-order valence-corrected chi connectivity index (χ2v) is 12.0. The van der Waals surface area contributed by atoms with Crippen LogP contribution in [0.4, 0.5) is 5.69 Å². The van der Waals surface area contributed by atoms with Gasteiger partial charge in [-0.25, -0.2) is 9.22 Å². The molecule has 0 amide bonds. The van der Waals surface area contributed by atoms with Crippen LogP contribution >= 0.6 is 0 Å². The first-order chi connectivity index (χ1) is 21.6. The summed E-state index contributed by atoms with van der Waals surface area (Å²) in [7, 11) is 1.62. The molecule has 10 nitrogen and oxygen atoms in total. The Morgan fingerprint density at radius 1 is 0.956 bits per heavy atom. The quantitative estimate of drug-likeness (QED) is 0.211. The predicted octanol–water partition coefficient (Wildman–Crippen LogP) is 4.04. The van der Waals surface area contributed by atoms with Crippen molar-refractivity contribution in [3.05, 3.63) is 106 Å². The van der Waals surface area contributed by atoms with E-state index in [9.17, 15) is 23.5 Å². The molecular weight excluding hydrogens is 592 g/mol. The molecule has 11 heteroatoms. The minimum Gasteiger partial charge on any atom is -0.497 e. The van der Waals surface area contributed by atoms with Gasteiger partial charge in [-0.05, 0) is 71.5 Å². The van der Waals surface area contributed by atoms with E-state index in [1.807, 2.05) is 79.0 Å². The molecule has 45 heavy (non-hydrogen) atoms. The van der Waals surface area contributed by atoms with E-state index in [1.165, 1.54) is 0 Å². The van der Waals surface area contributed by atoms with Crippen LogP contribution in [-0.4, -0.2) is 73.2 Å². The Hall–Kier alpha value is -4.47. The molecule has 2 atom stereocenters. The average molecular weight is 629 g/mol. The highest BCUT2D eigenvalue weighted by Gasteiger charge is 2.38. The second kappa shape index (κ2) is 14.1. The van der Waals surface area contributed by atoms with Crippen molar-refractivity contribution in [2.45, 2.75) is 26.4 Å². The molecule has 1 fully saturated rings. The number of hydrogen-bond donors (Lipinski definition) is 2. The van der Waals surface area contributed by atoms with Crippen LogP contribution in [0.3, 0.4) is 0 Å². The molecule has 1 aromatic heterocycles. The van der Waals surface area contributed by atoms with Gasteiger partial charge in [-0.2, -0.15) is 0 Å². The fourth-order valence-corrected chi connectivity index (χ4v) is 6.36. The lowest BCUT2D eigenvalue weighted by Gasteiger charge is -2.42. The first-order valence-corrected chi connectivity index (χ1v) is 15.7. The van der Waals surface area contributed by atoms with Crippen molar-refractivity contribution in [2.24, 2.45) is 5.92 Å². The normalized spacial score (nSPS) is 15.1. The van der Waals surface area contributed by atoms with Crippen LogP contribution < -0.4 is 15.2 Å². The van der Waals surface area contributed by atoms with Gasteiger partial charge in [0.15, 0.2) is 0 Å². The molecule has 0 aliphatic carbocycles. The molecule has 5 rings (SSSR count). The topological polar surface area (TPSA) is 116 Å². The maximum Gasteiger partial charge on any atom is 0.323 e. The number of hydrazine groups is 1. The number of rotatable bonds is 9. The number of hydrogen-bond acceptors (Lipinski definition) is 6. The van der Waals surface area contributed by atoms with E-state index >= 15 is 0 Å². The molecule has 2 N–H and O–H groups in total. The molecule has 2 heterocycles. The largest absolute Gasteiger partial charge is 0.497 e. The number of fused-ring (bicyclic) bond motifs is 1. The minimum absolute atomic E-state index is 0.0764. The van der Waals surface area contributed by atoms with Gasteiger partial charge in [-0.3, -0.25) is 14.1 Å². The fourth-order valence-electron chi connectivity index (χ4n) is 5.47. The Kier molecular flexibility index (Phi) is 10.0. The molecule has 4 aromatic rings. The standard InChI is InChI=1S/C34H36N4O6S/c1-24(2)32(34(40)41)38(45(42)43)37-20-18-35(19-21-37)29-12-7-25(8-13-29)4-5-26-6-11-28-16-17-36(33(39)31(28)22-26)23-27-9-14-30(44-3)15-10-27/h6-17,22,24,32H,18-21,23H2,1-3H3,(H,40,41)(H,42,43). The number of methoxy groups -OCH3 is 1. The lowest BCUT2D eigenvalue weighted by Crippen LogP contribution is -2.60. The first-order valence-electron chi connectivity index (χ1n) is 14.7. The van der Waals surface area contributed by atoms with E-state index in [1.54, 1.807) is 30.5 Å². The number of piperazine rings is 1. The summed E-state index contributed by atoms with van der Waals surface area (Å²) in [6.45, 7) is 5.85. The Bertz CT molecular complexity index is 1800. The number of carbonyl (C=O) groups is 1. The van der Waals surface area contributed by atoms with E-state index in [-0.39, 0.29) is 11.5 Å². The minimum atomic E-state index is -2.45. The lowest BCUT2D eigenvalue weighted by molar-refractivity contribution is -0.148. The molecule has 0 saturated carbocycles. The third-order valence-corrected chi connectivity index (χ3v) is 8.67. The number of anilines is 1. The summed E-state index contributed by atoms with van der Waals surface area (Å²) in [6.07, 6.45) is 1.81. The van der Waals surface area contributed by atoms with Gasteiger partial charge in [0.2, 0.25) is 11.3 Å². The van der Waals surface area contributed by atoms with Crippen LogP contribution in [0.5, 0.6) is 5.75 Å². The summed E-state index contributed by atoms with van der Waals surface area (Å²) in [5, 5.41) is 12.8. The summed E-state index contributed by atoms with van der Waals surface area (Å²) in [5.74, 6) is 5.66. The number of aromatic nitrogens is 1. The van der Waals surface area contributed by atoms with Gasteiger partial charge in [0.1, 0.15) is 11.8 Å². The zero-order valence-electron chi connectivity index (χ0n) is 25.4. The third kappa shape index (κ3) is 7.44. The second-order valence-electron chi connectivity index (χ2n) is 11.2. The number of aliphatic carboxylic acids is 1. The van der Waals surface area contributed by atoms with Crippen molar-refractivity contribution in [3.63, 3.8) is 0 Å². The first kappa shape index (κ1) is 31.9. The summed E-state index contributed by atoms with van der Waals surface area (Å²) in [4.78, 5) is 27.2. The van der Waals surface area contributed by atoms with Crippen molar-refractivity contribution >= 4 is 33.7 Å². The van der Waals surface area contributed by atoms with Crippen molar-refractivity contribution in [3.8, 4) is 17.6 Å². The molecule has 1 aliphatic rings. The Morgan fingerprint density at radius 2 is 1.60 bits per heavy atom. The molecule has 1 aliphatic heterocycles. The van der Waals surface area contributed by atoms with E-state index in [0.29, 0.717) is 38.1 Å². The van der Waals surface area contributed by atoms with Gasteiger partial charge in [-0.15, -0.1) is 4.41 Å². The summed E-state index contributed by atoms with van der Waals surface area (Å²) >= 11 is -2.45. The van der Waals surface area contributed by atoms with E-state index in [2.05, 4.69) is 16.7 Å². The molecule has 0 spiro atoms. The van der Waals surface area contributed by atoms with Crippen LogP contribution in [0.25, 0.3) is 10.8 Å². The maximum absolute atomic E-state index is 13.3. The van der Waals surface area contributed by atoms with Gasteiger partial charge < -0.3 is 19.3 Å². The van der Waals surface area contributed by atoms with Crippen LogP contribution in [0.1, 0.15) is 30.5 Å². The highest BCUT2D eigenvalue weighted by atomic mass is 32.2. The fraction of sp³-hybridized carbons (Fsp3) is 0.294. The summed E-state index contributed by atoms with van der Waals surface area (Å²) in [6, 6.07) is 22.0. The molecule has 234 valence electrons. The third-order valence-electron chi connectivity index (χ3n) is 7.89. The number of pyridine rings is 1. The van der Waals surface area contributed by atoms with Crippen molar-refractivity contribution in [1.29, 1.82) is 0 Å². The Labute approximate surface area is 264 Å². The van der Waals surface area contributed by atoms with Crippen molar-refractivity contribution in [1.82, 2.24) is 14.0 Å². The monoisotopic (exact) mass is 628 g/mol. The number of benzene rings is 3. The van der Waals surface area contributed by atoms with Gasteiger partial charge in [-0.1, -0.05) is 43.9 Å². The van der Waals surface area contributed by atoms with Crippen LogP contribution in [0.15, 0.2) is 83.8 Å². The van der Waals surface area contributed by atoms with Crippen LogP contribution in [0, 0.1) is 17.8 Å². The number of carboxylic acid groups (broad SMARTS) is 1. The average Bonchev–Trinajstić information content (AvgIpc) is 3.04. The molecule has 1 saturated heterocycles. The molecular formula is C34H36N4O6S. The molecule has 0 bridgehead atoms. The molecule has 2 unspecified atom stereocenters. The van der Waals surface area contributed by atoms with Gasteiger partial charge >= 0.3 is 5.97 Å². The SMILES string of the molecule is COc1ccc(Cn2ccc3ccc(C#Cc4ccc(N5CCN(N(C(C(=O)O)C(C)C)S(=O)O)CC5)cc4)cc3c2=O)cc1. The van der Waals surface area contributed by atoms with E-state index < -0.39 is 23.3 Å². The van der Waals surface area contributed by atoms with Crippen molar-refractivity contribution in [2.75, 3.05) is 38.2 Å². The predicted molar refractivity (Wildman–Crippen MR) is 175 cm³/mol. The Morgan fingerprint density at radius 3 is 2.20 bits per heavy atom. The van der Waals surface area contributed by atoms with Crippen LogP contribution in [0.2, 0.25) is 0 Å². The zero-order chi connectivity index (χ0) is 32.1. The molecule has 3 aromatic carbocycles.